The Labute approximate surface area is 168 Å². The molecule has 1 heterocycles. The molecule has 148 valence electrons. The first kappa shape index (κ1) is 20.2. The summed E-state index contributed by atoms with van der Waals surface area (Å²) in [5, 5.41) is 0.572. The van der Waals surface area contributed by atoms with Crippen molar-refractivity contribution in [1.29, 1.82) is 0 Å². The number of ether oxygens (including phenoxy) is 1. The number of benzene rings is 2. The van der Waals surface area contributed by atoms with Crippen LogP contribution in [0.1, 0.15) is 24.2 Å². The number of hydrogen-bond donors (Lipinski definition) is 1. The van der Waals surface area contributed by atoms with Crippen LogP contribution in [0, 0.1) is 5.82 Å². The summed E-state index contributed by atoms with van der Waals surface area (Å²) in [5.74, 6) is 0.0567. The largest absolute Gasteiger partial charge is 0.496 e. The van der Waals surface area contributed by atoms with E-state index in [2.05, 4.69) is 18.8 Å². The second kappa shape index (κ2) is 9.12. The van der Waals surface area contributed by atoms with Gasteiger partial charge in [0.25, 0.3) is 5.91 Å². The van der Waals surface area contributed by atoms with E-state index < -0.39 is 0 Å². The summed E-state index contributed by atoms with van der Waals surface area (Å²) in [5.41, 5.74) is 1.18. The van der Waals surface area contributed by atoms with E-state index in [1.807, 2.05) is 12.1 Å². The lowest BCUT2D eigenvalue weighted by Gasteiger charge is -2.23. The molecule has 28 heavy (non-hydrogen) atoms. The molecule has 3 rings (SSSR count). The Morgan fingerprint density at radius 3 is 2.68 bits per heavy atom. The second-order valence-electron chi connectivity index (χ2n) is 6.47. The summed E-state index contributed by atoms with van der Waals surface area (Å²) in [6.07, 6.45) is 0. The summed E-state index contributed by atoms with van der Waals surface area (Å²) in [7, 11) is 1.55. The van der Waals surface area contributed by atoms with Crippen LogP contribution in [0.3, 0.4) is 0 Å². The van der Waals surface area contributed by atoms with Crippen LogP contribution in [-0.2, 0) is 0 Å². The van der Waals surface area contributed by atoms with Crippen LogP contribution in [0.15, 0.2) is 42.5 Å². The summed E-state index contributed by atoms with van der Waals surface area (Å²) in [4.78, 5) is 21.1. The first-order valence-corrected chi connectivity index (χ1v) is 10.2. The van der Waals surface area contributed by atoms with Gasteiger partial charge < -0.3 is 9.64 Å². The molecule has 0 atom stereocenters. The molecule has 3 aromatic rings. The number of nitrogens with one attached hydrogen (secondary N) is 1. The number of aromatic nitrogens is 1. The van der Waals surface area contributed by atoms with Gasteiger partial charge in [0.2, 0.25) is 0 Å². The molecular weight excluding hydrogens is 377 g/mol. The molecular formula is C21H25FN3O2S+. The fourth-order valence-corrected chi connectivity index (χ4v) is 4.14. The molecule has 1 amide bonds. The Morgan fingerprint density at radius 2 is 1.96 bits per heavy atom. The predicted octanol–water partition coefficient (Wildman–Crippen LogP) is 3.02. The number of quaternary nitrogens is 1. The van der Waals surface area contributed by atoms with Gasteiger partial charge in [0.1, 0.15) is 11.6 Å². The molecule has 1 N–H and O–H groups in total. The summed E-state index contributed by atoms with van der Waals surface area (Å²) in [6, 6.07) is 11.7. The molecule has 2 aromatic carbocycles. The van der Waals surface area contributed by atoms with Gasteiger partial charge in [-0.3, -0.25) is 9.69 Å². The topological polar surface area (TPSA) is 46.9 Å². The van der Waals surface area contributed by atoms with Gasteiger partial charge in [-0.1, -0.05) is 23.5 Å². The van der Waals surface area contributed by atoms with E-state index in [-0.39, 0.29) is 11.7 Å². The van der Waals surface area contributed by atoms with Crippen molar-refractivity contribution < 1.29 is 18.8 Å². The van der Waals surface area contributed by atoms with Crippen molar-refractivity contribution in [2.24, 2.45) is 0 Å². The van der Waals surface area contributed by atoms with Crippen molar-refractivity contribution in [3.8, 4) is 5.75 Å². The highest BCUT2D eigenvalue weighted by Crippen LogP contribution is 2.31. The molecule has 0 radical (unpaired) electrons. The van der Waals surface area contributed by atoms with Gasteiger partial charge >= 0.3 is 0 Å². The number of carbonyl (C=O) groups excluding carboxylic acids is 1. The van der Waals surface area contributed by atoms with Crippen molar-refractivity contribution >= 4 is 32.6 Å². The zero-order valence-electron chi connectivity index (χ0n) is 16.4. The van der Waals surface area contributed by atoms with Gasteiger partial charge in [-0.25, -0.2) is 9.37 Å². The molecule has 7 heteroatoms. The zero-order valence-corrected chi connectivity index (χ0v) is 17.2. The zero-order chi connectivity index (χ0) is 20.1. The maximum absolute atomic E-state index is 13.6. The Hall–Kier alpha value is -2.51. The number of anilines is 1. The van der Waals surface area contributed by atoms with E-state index >= 15 is 0 Å². The number of fused-ring (bicyclic) bond motifs is 1. The van der Waals surface area contributed by atoms with E-state index in [1.165, 1.54) is 28.4 Å². The average molecular weight is 403 g/mol. The minimum Gasteiger partial charge on any atom is -0.496 e. The predicted molar refractivity (Wildman–Crippen MR) is 111 cm³/mol. The highest BCUT2D eigenvalue weighted by Gasteiger charge is 2.25. The number of rotatable bonds is 8. The summed E-state index contributed by atoms with van der Waals surface area (Å²) in [6.45, 7) is 7.56. The van der Waals surface area contributed by atoms with E-state index in [4.69, 9.17) is 4.74 Å². The molecule has 0 spiro atoms. The Balaban J connectivity index is 1.99. The maximum Gasteiger partial charge on any atom is 0.264 e. The number of carbonyl (C=O) groups is 1. The lowest BCUT2D eigenvalue weighted by atomic mass is 10.1. The first-order chi connectivity index (χ1) is 13.6. The number of methoxy groups -OCH3 is 1. The van der Waals surface area contributed by atoms with Crippen LogP contribution in [-0.4, -0.2) is 44.2 Å². The van der Waals surface area contributed by atoms with Crippen molar-refractivity contribution in [2.45, 2.75) is 13.8 Å². The number of para-hydroxylation sites is 1. The summed E-state index contributed by atoms with van der Waals surface area (Å²) >= 11 is 1.33. The minimum absolute atomic E-state index is 0.163. The normalized spacial score (nSPS) is 11.2. The molecule has 0 aliphatic heterocycles. The highest BCUT2D eigenvalue weighted by atomic mass is 32.1. The molecule has 0 saturated heterocycles. The van der Waals surface area contributed by atoms with Crippen LogP contribution in [0.25, 0.3) is 10.2 Å². The van der Waals surface area contributed by atoms with E-state index in [0.29, 0.717) is 28.5 Å². The van der Waals surface area contributed by atoms with Gasteiger partial charge in [-0.15, -0.1) is 0 Å². The van der Waals surface area contributed by atoms with E-state index in [9.17, 15) is 9.18 Å². The lowest BCUT2D eigenvalue weighted by molar-refractivity contribution is -0.894. The molecule has 0 unspecified atom stereocenters. The monoisotopic (exact) mass is 402 g/mol. The van der Waals surface area contributed by atoms with E-state index in [0.717, 1.165) is 24.3 Å². The lowest BCUT2D eigenvalue weighted by Crippen LogP contribution is -3.12. The van der Waals surface area contributed by atoms with Crippen LogP contribution >= 0.6 is 11.3 Å². The van der Waals surface area contributed by atoms with Crippen molar-refractivity contribution in [1.82, 2.24) is 4.98 Å². The molecule has 0 aliphatic rings. The molecule has 0 saturated carbocycles. The molecule has 0 aliphatic carbocycles. The quantitative estimate of drug-likeness (QED) is 0.630. The standard InChI is InChI=1S/C21H24FN3O2S/c1-4-24(5-2)12-13-25(20(26)16-8-6-7-9-18(16)27-3)21-23-17-11-10-15(22)14-19(17)28-21/h6-11,14H,4-5,12-13H2,1-3H3/p+1. The van der Waals surface area contributed by atoms with Crippen molar-refractivity contribution in [3.63, 3.8) is 0 Å². The van der Waals surface area contributed by atoms with Crippen LogP contribution < -0.4 is 14.5 Å². The number of amides is 1. The van der Waals surface area contributed by atoms with Crippen molar-refractivity contribution in [2.75, 3.05) is 38.2 Å². The fourth-order valence-electron chi connectivity index (χ4n) is 3.13. The van der Waals surface area contributed by atoms with Crippen LogP contribution in [0.5, 0.6) is 5.75 Å². The Bertz CT molecular complexity index is 956. The van der Waals surface area contributed by atoms with Crippen molar-refractivity contribution in [3.05, 3.63) is 53.8 Å². The maximum atomic E-state index is 13.6. The van der Waals surface area contributed by atoms with Gasteiger partial charge in [0.05, 0.1) is 49.1 Å². The Morgan fingerprint density at radius 1 is 1.21 bits per heavy atom. The molecule has 0 fully saturated rings. The molecule has 0 bridgehead atoms. The van der Waals surface area contributed by atoms with E-state index in [1.54, 1.807) is 30.2 Å². The Kier molecular flexibility index (Phi) is 6.59. The van der Waals surface area contributed by atoms with Crippen LogP contribution in [0.2, 0.25) is 0 Å². The molecule has 1 aromatic heterocycles. The second-order valence-corrected chi connectivity index (χ2v) is 7.48. The number of likely N-dealkylation sites (N-methyl/N-ethyl adjacent to an activating group) is 1. The number of nitrogens with zero attached hydrogens (tertiary/aromatic N) is 2. The third-order valence-electron chi connectivity index (χ3n) is 4.84. The average Bonchev–Trinajstić information content (AvgIpc) is 3.13. The highest BCUT2D eigenvalue weighted by molar-refractivity contribution is 7.22. The third-order valence-corrected chi connectivity index (χ3v) is 5.88. The van der Waals surface area contributed by atoms with Gasteiger partial charge in [0.15, 0.2) is 5.13 Å². The van der Waals surface area contributed by atoms with Gasteiger partial charge in [-0.05, 0) is 44.2 Å². The number of hydrogen-bond acceptors (Lipinski definition) is 4. The van der Waals surface area contributed by atoms with Crippen LogP contribution in [0.4, 0.5) is 9.52 Å². The SMILES string of the molecule is CC[NH+](CC)CCN(C(=O)c1ccccc1OC)c1nc2ccc(F)cc2s1. The number of thiazole rings is 1. The first-order valence-electron chi connectivity index (χ1n) is 9.41. The van der Waals surface area contributed by atoms with Gasteiger partial charge in [-0.2, -0.15) is 0 Å². The smallest absolute Gasteiger partial charge is 0.264 e. The fraction of sp³-hybridized carbons (Fsp3) is 0.333. The van der Waals surface area contributed by atoms with Gasteiger partial charge in [0, 0.05) is 0 Å². The minimum atomic E-state index is -0.308. The molecule has 5 nitrogen and oxygen atoms in total. The third kappa shape index (κ3) is 4.31. The summed E-state index contributed by atoms with van der Waals surface area (Å²) < 4.78 is 19.7. The number of halogens is 1.